The number of esters is 1. The number of fused-ring (bicyclic) bond motifs is 1. The molecule has 0 saturated carbocycles. The number of benzene rings is 1. The van der Waals surface area contributed by atoms with Gasteiger partial charge >= 0.3 is 5.97 Å². The van der Waals surface area contributed by atoms with E-state index in [9.17, 15) is 9.59 Å². The Morgan fingerprint density at radius 2 is 2.04 bits per heavy atom. The van der Waals surface area contributed by atoms with Gasteiger partial charge in [-0.1, -0.05) is 17.6 Å². The first-order valence-electron chi connectivity index (χ1n) is 7.11. The monoisotopic (exact) mass is 328 g/mol. The summed E-state index contributed by atoms with van der Waals surface area (Å²) in [4.78, 5) is 28.8. The van der Waals surface area contributed by atoms with Gasteiger partial charge in [-0.3, -0.25) is 13.7 Å². The molecule has 0 aliphatic carbocycles. The minimum atomic E-state index is -0.576. The first kappa shape index (κ1) is 15.4. The van der Waals surface area contributed by atoms with Crippen LogP contribution in [0.25, 0.3) is 10.1 Å². The second-order valence-corrected chi connectivity index (χ2v) is 6.65. The molecule has 3 aromatic rings. The summed E-state index contributed by atoms with van der Waals surface area (Å²) in [6.07, 6.45) is 1.71. The molecule has 6 heteroatoms. The Kier molecular flexibility index (Phi) is 3.77. The minimum Gasteiger partial charge on any atom is -0.465 e. The van der Waals surface area contributed by atoms with Crippen molar-refractivity contribution in [1.82, 2.24) is 8.94 Å². The summed E-state index contributed by atoms with van der Waals surface area (Å²) in [5.74, 6) is -0.414. The number of carbonyl (C=O) groups is 1. The van der Waals surface area contributed by atoms with Crippen LogP contribution in [0.1, 0.15) is 29.9 Å². The Hall–Kier alpha value is -2.47. The average Bonchev–Trinajstić information content (AvgIpc) is 2.92. The van der Waals surface area contributed by atoms with Gasteiger partial charge in [0.2, 0.25) is 0 Å². The molecule has 2 heterocycles. The average molecular weight is 328 g/mol. The molecular weight excluding hydrogens is 312 g/mol. The Morgan fingerprint density at radius 1 is 1.26 bits per heavy atom. The van der Waals surface area contributed by atoms with Crippen molar-refractivity contribution < 1.29 is 9.53 Å². The zero-order valence-electron chi connectivity index (χ0n) is 13.1. The van der Waals surface area contributed by atoms with E-state index in [4.69, 9.17) is 4.74 Å². The van der Waals surface area contributed by atoms with Crippen LogP contribution in [0.2, 0.25) is 0 Å². The predicted octanol–water partition coefficient (Wildman–Crippen LogP) is 3.03. The third-order valence-electron chi connectivity index (χ3n) is 3.81. The molecule has 0 bridgehead atoms. The molecule has 0 aliphatic heterocycles. The van der Waals surface area contributed by atoms with Crippen molar-refractivity contribution in [2.45, 2.75) is 19.4 Å². The van der Waals surface area contributed by atoms with E-state index in [0.717, 1.165) is 10.4 Å². The third-order valence-corrected chi connectivity index (χ3v) is 5.15. The van der Waals surface area contributed by atoms with Crippen LogP contribution < -0.4 is 5.56 Å². The zero-order valence-corrected chi connectivity index (χ0v) is 13.9. The van der Waals surface area contributed by atoms with Crippen molar-refractivity contribution in [1.29, 1.82) is 0 Å². The van der Waals surface area contributed by atoms with E-state index in [0.29, 0.717) is 10.9 Å². The summed E-state index contributed by atoms with van der Waals surface area (Å²) in [5.41, 5.74) is 0.580. The van der Waals surface area contributed by atoms with E-state index in [1.807, 2.05) is 32.0 Å². The molecule has 118 valence electrons. The fourth-order valence-corrected chi connectivity index (χ4v) is 3.60. The van der Waals surface area contributed by atoms with Crippen molar-refractivity contribution >= 4 is 27.6 Å². The molecular formula is C17H16N2O3S. The van der Waals surface area contributed by atoms with Gasteiger partial charge in [0, 0.05) is 6.20 Å². The Labute approximate surface area is 137 Å². The molecule has 2 aromatic heterocycles. The molecule has 0 spiro atoms. The van der Waals surface area contributed by atoms with Gasteiger partial charge in [-0.05, 0) is 44.2 Å². The number of nitrogens with zero attached hydrogens (tertiary/aromatic N) is 2. The van der Waals surface area contributed by atoms with Crippen molar-refractivity contribution in [3.05, 3.63) is 64.2 Å². The predicted molar refractivity (Wildman–Crippen MR) is 90.1 cm³/mol. The second kappa shape index (κ2) is 5.62. The Bertz CT molecular complexity index is 926. The maximum Gasteiger partial charge on any atom is 0.337 e. The first-order valence-corrected chi connectivity index (χ1v) is 7.89. The third kappa shape index (κ3) is 2.55. The highest BCUT2D eigenvalue weighted by Gasteiger charge is 2.28. The lowest BCUT2D eigenvalue weighted by atomic mass is 10.0. The molecule has 0 fully saturated rings. The van der Waals surface area contributed by atoms with Gasteiger partial charge in [-0.15, -0.1) is 0 Å². The molecule has 0 unspecified atom stereocenters. The highest BCUT2D eigenvalue weighted by atomic mass is 32.1. The number of rotatable bonds is 3. The first-order chi connectivity index (χ1) is 10.9. The van der Waals surface area contributed by atoms with Gasteiger partial charge in [0.15, 0.2) is 0 Å². The highest BCUT2D eigenvalue weighted by molar-refractivity contribution is 7.14. The van der Waals surface area contributed by atoms with Crippen LogP contribution in [0.4, 0.5) is 0 Å². The molecule has 0 saturated heterocycles. The van der Waals surface area contributed by atoms with E-state index in [2.05, 4.69) is 4.98 Å². The topological polar surface area (TPSA) is 61.2 Å². The van der Waals surface area contributed by atoms with Crippen molar-refractivity contribution in [2.24, 2.45) is 0 Å². The van der Waals surface area contributed by atoms with Gasteiger partial charge in [0.25, 0.3) is 5.56 Å². The van der Waals surface area contributed by atoms with E-state index in [1.54, 1.807) is 28.4 Å². The summed E-state index contributed by atoms with van der Waals surface area (Å²) in [6, 6.07) is 10.6. The zero-order chi connectivity index (χ0) is 16.6. The smallest absolute Gasteiger partial charge is 0.337 e. The number of ether oxygens (including phenoxy) is 1. The van der Waals surface area contributed by atoms with Crippen LogP contribution in [0.5, 0.6) is 0 Å². The molecule has 3 rings (SSSR count). The maximum atomic E-state index is 12.7. The van der Waals surface area contributed by atoms with Gasteiger partial charge in [0.05, 0.1) is 34.0 Å². The molecule has 0 amide bonds. The number of hydrogen-bond donors (Lipinski definition) is 0. The van der Waals surface area contributed by atoms with Crippen LogP contribution in [-0.4, -0.2) is 22.0 Å². The molecule has 5 nitrogen and oxygen atoms in total. The summed E-state index contributed by atoms with van der Waals surface area (Å²) in [5, 5.41) is 0.589. The van der Waals surface area contributed by atoms with Gasteiger partial charge in [-0.25, -0.2) is 4.79 Å². The van der Waals surface area contributed by atoms with E-state index in [-0.39, 0.29) is 5.56 Å². The number of aromatic nitrogens is 2. The van der Waals surface area contributed by atoms with Crippen molar-refractivity contribution in [3.63, 3.8) is 0 Å². The normalized spacial score (nSPS) is 11.6. The molecule has 0 atom stereocenters. The molecule has 0 aliphatic rings. The number of carbonyl (C=O) groups excluding carboxylic acids is 1. The lowest BCUT2D eigenvalue weighted by molar-refractivity contribution is 0.0601. The van der Waals surface area contributed by atoms with Crippen LogP contribution in [0, 0.1) is 0 Å². The number of pyridine rings is 1. The largest absolute Gasteiger partial charge is 0.465 e. The van der Waals surface area contributed by atoms with E-state index >= 15 is 0 Å². The molecule has 23 heavy (non-hydrogen) atoms. The van der Waals surface area contributed by atoms with E-state index in [1.165, 1.54) is 18.6 Å². The molecule has 0 N–H and O–H groups in total. The van der Waals surface area contributed by atoms with Gasteiger partial charge in [0.1, 0.15) is 0 Å². The van der Waals surface area contributed by atoms with Crippen LogP contribution >= 0.6 is 11.5 Å². The standard InChI is InChI=1S/C17H16N2O3S/c1-17(2,14-6-4-5-9-18-14)19-15(20)12-8-7-11(16(21)22-3)10-13(12)23-19/h4-10H,1-3H3. The van der Waals surface area contributed by atoms with E-state index < -0.39 is 11.5 Å². The Balaban J connectivity index is 2.17. The fraction of sp³-hybridized carbons (Fsp3) is 0.235. The summed E-state index contributed by atoms with van der Waals surface area (Å²) >= 11 is 1.32. The SMILES string of the molecule is COC(=O)c1ccc2c(=O)n(C(C)(C)c3ccccn3)sc2c1. The van der Waals surface area contributed by atoms with Crippen molar-refractivity contribution in [2.75, 3.05) is 7.11 Å². The summed E-state index contributed by atoms with van der Waals surface area (Å²) in [7, 11) is 1.34. The van der Waals surface area contributed by atoms with Crippen LogP contribution in [-0.2, 0) is 10.3 Å². The number of hydrogen-bond acceptors (Lipinski definition) is 5. The second-order valence-electron chi connectivity index (χ2n) is 5.67. The lowest BCUT2D eigenvalue weighted by Gasteiger charge is -2.24. The maximum absolute atomic E-state index is 12.7. The van der Waals surface area contributed by atoms with Gasteiger partial charge < -0.3 is 4.74 Å². The Morgan fingerprint density at radius 3 is 2.70 bits per heavy atom. The fourth-order valence-electron chi connectivity index (χ4n) is 2.47. The molecule has 0 radical (unpaired) electrons. The molecule has 1 aromatic carbocycles. The van der Waals surface area contributed by atoms with Crippen molar-refractivity contribution in [3.8, 4) is 0 Å². The quantitative estimate of drug-likeness (QED) is 0.693. The summed E-state index contributed by atoms with van der Waals surface area (Å²) in [6.45, 7) is 3.90. The van der Waals surface area contributed by atoms with Crippen LogP contribution in [0.3, 0.4) is 0 Å². The lowest BCUT2D eigenvalue weighted by Crippen LogP contribution is -2.34. The minimum absolute atomic E-state index is 0.0860. The summed E-state index contributed by atoms with van der Waals surface area (Å²) < 4.78 is 7.18. The van der Waals surface area contributed by atoms with Crippen LogP contribution in [0.15, 0.2) is 47.4 Å². The number of methoxy groups -OCH3 is 1. The van der Waals surface area contributed by atoms with Gasteiger partial charge in [-0.2, -0.15) is 0 Å². The highest BCUT2D eigenvalue weighted by Crippen LogP contribution is 2.28.